The van der Waals surface area contributed by atoms with E-state index in [1.165, 1.54) is 116 Å². The maximum absolute atomic E-state index is 12.9. The first-order valence-corrected chi connectivity index (χ1v) is 31.4. The van der Waals surface area contributed by atoms with E-state index < -0.39 is 6.10 Å². The number of ether oxygens (including phenoxy) is 3. The van der Waals surface area contributed by atoms with Gasteiger partial charge in [0.05, 0.1) is 0 Å². The van der Waals surface area contributed by atoms with Crippen LogP contribution in [-0.4, -0.2) is 37.2 Å². The highest BCUT2D eigenvalue weighted by molar-refractivity contribution is 5.71. The Labute approximate surface area is 463 Å². The summed E-state index contributed by atoms with van der Waals surface area (Å²) in [6, 6.07) is 0. The fourth-order valence-electron chi connectivity index (χ4n) is 8.57. The van der Waals surface area contributed by atoms with E-state index in [0.29, 0.717) is 19.3 Å². The number of hydrogen-bond acceptors (Lipinski definition) is 6. The van der Waals surface area contributed by atoms with Crippen LogP contribution in [0.1, 0.15) is 290 Å². The molecule has 0 fully saturated rings. The topological polar surface area (TPSA) is 78.9 Å². The maximum Gasteiger partial charge on any atom is 0.306 e. The molecule has 6 heteroatoms. The van der Waals surface area contributed by atoms with Gasteiger partial charge in [-0.3, -0.25) is 14.4 Å². The quantitative estimate of drug-likeness (QED) is 0.0261. The van der Waals surface area contributed by atoms with Crippen LogP contribution in [0.25, 0.3) is 0 Å². The second-order valence-electron chi connectivity index (χ2n) is 20.6. The molecule has 1 unspecified atom stereocenters. The van der Waals surface area contributed by atoms with Crippen LogP contribution in [0.5, 0.6) is 0 Å². The van der Waals surface area contributed by atoms with E-state index in [1.807, 2.05) is 0 Å². The highest BCUT2D eigenvalue weighted by atomic mass is 16.6. The van der Waals surface area contributed by atoms with Crippen molar-refractivity contribution in [1.82, 2.24) is 0 Å². The van der Waals surface area contributed by atoms with Crippen molar-refractivity contribution in [3.63, 3.8) is 0 Å². The zero-order chi connectivity index (χ0) is 54.3. The number of hydrogen-bond donors (Lipinski definition) is 0. The zero-order valence-electron chi connectivity index (χ0n) is 49.0. The van der Waals surface area contributed by atoms with Crippen LogP contribution in [0.3, 0.4) is 0 Å². The first kappa shape index (κ1) is 71.1. The fraction of sp³-hybridized carbons (Fsp3) is 0.696. The molecule has 0 aromatic heterocycles. The number of esters is 3. The van der Waals surface area contributed by atoms with Crippen molar-refractivity contribution >= 4 is 17.9 Å². The molecule has 428 valence electrons. The molecule has 0 aliphatic rings. The van der Waals surface area contributed by atoms with Gasteiger partial charge in [0.25, 0.3) is 0 Å². The van der Waals surface area contributed by atoms with E-state index in [1.54, 1.807) is 0 Å². The van der Waals surface area contributed by atoms with Crippen LogP contribution in [0.2, 0.25) is 0 Å². The van der Waals surface area contributed by atoms with E-state index in [2.05, 4.69) is 130 Å². The van der Waals surface area contributed by atoms with Gasteiger partial charge in [0.2, 0.25) is 0 Å². The highest BCUT2D eigenvalue weighted by Gasteiger charge is 2.19. The number of carbonyl (C=O) groups excluding carboxylic acids is 3. The van der Waals surface area contributed by atoms with E-state index in [0.717, 1.165) is 135 Å². The Morgan fingerprint density at radius 2 is 0.520 bits per heavy atom. The van der Waals surface area contributed by atoms with Crippen molar-refractivity contribution < 1.29 is 28.6 Å². The van der Waals surface area contributed by atoms with Gasteiger partial charge in [0.1, 0.15) is 13.2 Å². The molecule has 75 heavy (non-hydrogen) atoms. The lowest BCUT2D eigenvalue weighted by molar-refractivity contribution is -0.167. The van der Waals surface area contributed by atoms with Gasteiger partial charge in [0, 0.05) is 19.3 Å². The molecular weight excluding hydrogens is 925 g/mol. The van der Waals surface area contributed by atoms with Gasteiger partial charge in [-0.2, -0.15) is 0 Å². The molecule has 0 N–H and O–H groups in total. The van der Waals surface area contributed by atoms with Crippen LogP contribution in [0.4, 0.5) is 0 Å². The Balaban J connectivity index is 4.44. The summed E-state index contributed by atoms with van der Waals surface area (Å²) in [7, 11) is 0. The lowest BCUT2D eigenvalue weighted by Crippen LogP contribution is -2.30. The average molecular weight is 1040 g/mol. The molecule has 0 aliphatic carbocycles. The SMILES string of the molecule is CC/C=C\C/C=C\C/C=C\C/C=C\C/C=C\C/C=C\C/C=C\CCCCCC(=O)OCC(COC(=O)CCCCCCC/C=C\C/C=C\CCCCC)OC(=O)CCCCCCCCCCCCCCCCCCC. The molecule has 0 aromatic carbocycles. The molecular formula is C69H116O6. The number of allylic oxidation sites excluding steroid dienone is 18. The highest BCUT2D eigenvalue weighted by Crippen LogP contribution is 2.16. The predicted molar refractivity (Wildman–Crippen MR) is 325 cm³/mol. The van der Waals surface area contributed by atoms with Crippen molar-refractivity contribution in [2.45, 2.75) is 297 Å². The minimum atomic E-state index is -0.799. The van der Waals surface area contributed by atoms with Gasteiger partial charge in [-0.1, -0.05) is 271 Å². The molecule has 0 heterocycles. The Morgan fingerprint density at radius 3 is 0.853 bits per heavy atom. The average Bonchev–Trinajstić information content (AvgIpc) is 3.41. The molecule has 0 aromatic rings. The third-order valence-electron chi connectivity index (χ3n) is 13.3. The fourth-order valence-corrected chi connectivity index (χ4v) is 8.57. The van der Waals surface area contributed by atoms with Gasteiger partial charge >= 0.3 is 17.9 Å². The Kier molecular flexibility index (Phi) is 59.3. The normalized spacial score (nSPS) is 12.8. The lowest BCUT2D eigenvalue weighted by Gasteiger charge is -2.18. The van der Waals surface area contributed by atoms with Crippen LogP contribution in [-0.2, 0) is 28.6 Å². The molecule has 0 bridgehead atoms. The standard InChI is InChI=1S/C69H116O6/c1-4-7-10-13-16-19-22-25-28-30-31-32-33-34-35-36-37-39-41-44-47-50-53-56-59-62-68(71)74-65-66(64-73-67(70)61-58-55-52-49-46-43-40-27-24-21-18-15-12-9-6-3)75-69(72)63-60-57-54-51-48-45-42-38-29-26-23-20-17-14-11-8-5-2/h7,10,16,18-19,21,25,27-28,31-32,34-35,37,39-40,44,47,66H,4-6,8-9,11-15,17,20,22-24,26,29-30,33,36,38,41-43,45-46,48-65H2,1-3H3/b10-7-,19-16-,21-18-,28-25-,32-31-,35-34-,39-37-,40-27-,47-44-. The molecule has 0 saturated carbocycles. The van der Waals surface area contributed by atoms with Crippen molar-refractivity contribution in [3.05, 3.63) is 109 Å². The third-order valence-corrected chi connectivity index (χ3v) is 13.3. The van der Waals surface area contributed by atoms with Crippen molar-refractivity contribution in [1.29, 1.82) is 0 Å². The van der Waals surface area contributed by atoms with Gasteiger partial charge in [-0.15, -0.1) is 0 Å². The summed E-state index contributed by atoms with van der Waals surface area (Å²) in [4.78, 5) is 38.3. The summed E-state index contributed by atoms with van der Waals surface area (Å²) in [6.45, 7) is 6.48. The molecule has 0 amide bonds. The van der Waals surface area contributed by atoms with Crippen LogP contribution in [0, 0.1) is 0 Å². The zero-order valence-corrected chi connectivity index (χ0v) is 49.0. The molecule has 0 radical (unpaired) electrons. The lowest BCUT2D eigenvalue weighted by atomic mass is 10.0. The van der Waals surface area contributed by atoms with Crippen molar-refractivity contribution in [3.8, 4) is 0 Å². The Hall–Kier alpha value is -3.93. The van der Waals surface area contributed by atoms with Crippen molar-refractivity contribution in [2.75, 3.05) is 13.2 Å². The Morgan fingerprint density at radius 1 is 0.280 bits per heavy atom. The monoisotopic (exact) mass is 1040 g/mol. The largest absolute Gasteiger partial charge is 0.462 e. The molecule has 0 saturated heterocycles. The molecule has 0 rings (SSSR count). The van der Waals surface area contributed by atoms with Gasteiger partial charge < -0.3 is 14.2 Å². The molecule has 1 atom stereocenters. The van der Waals surface area contributed by atoms with Gasteiger partial charge in [0.15, 0.2) is 6.10 Å². The molecule has 0 spiro atoms. The number of rotatable bonds is 56. The van der Waals surface area contributed by atoms with E-state index >= 15 is 0 Å². The number of carbonyl (C=O) groups is 3. The van der Waals surface area contributed by atoms with Crippen LogP contribution >= 0.6 is 0 Å². The maximum atomic E-state index is 12.9. The summed E-state index contributed by atoms with van der Waals surface area (Å²) in [5, 5.41) is 0. The van der Waals surface area contributed by atoms with E-state index in [9.17, 15) is 14.4 Å². The first-order valence-electron chi connectivity index (χ1n) is 31.4. The van der Waals surface area contributed by atoms with E-state index in [-0.39, 0.29) is 31.1 Å². The second kappa shape index (κ2) is 62.6. The van der Waals surface area contributed by atoms with Gasteiger partial charge in [-0.05, 0) is 109 Å². The number of unbranched alkanes of at least 4 members (excludes halogenated alkanes) is 27. The summed E-state index contributed by atoms with van der Waals surface area (Å²) >= 11 is 0. The van der Waals surface area contributed by atoms with E-state index in [4.69, 9.17) is 14.2 Å². The van der Waals surface area contributed by atoms with Crippen LogP contribution < -0.4 is 0 Å². The van der Waals surface area contributed by atoms with Crippen molar-refractivity contribution in [2.24, 2.45) is 0 Å². The molecule has 6 nitrogen and oxygen atoms in total. The minimum Gasteiger partial charge on any atom is -0.462 e. The second-order valence-corrected chi connectivity index (χ2v) is 20.6. The van der Waals surface area contributed by atoms with Gasteiger partial charge in [-0.25, -0.2) is 0 Å². The summed E-state index contributed by atoms with van der Waals surface area (Å²) in [6.07, 6.45) is 85.1. The Bertz CT molecular complexity index is 1520. The first-order chi connectivity index (χ1) is 37.0. The molecule has 0 aliphatic heterocycles. The summed E-state index contributed by atoms with van der Waals surface area (Å²) in [5.41, 5.74) is 0. The minimum absolute atomic E-state index is 0.0952. The van der Waals surface area contributed by atoms with Crippen LogP contribution in [0.15, 0.2) is 109 Å². The summed E-state index contributed by atoms with van der Waals surface area (Å²) in [5.74, 6) is -0.933. The third kappa shape index (κ3) is 60.8. The predicted octanol–water partition coefficient (Wildman–Crippen LogP) is 21.4. The summed E-state index contributed by atoms with van der Waals surface area (Å²) < 4.78 is 16.9. The smallest absolute Gasteiger partial charge is 0.306 e.